The summed E-state index contributed by atoms with van der Waals surface area (Å²) in [5.74, 6) is -0.0878. The molecule has 1 aliphatic heterocycles. The van der Waals surface area contributed by atoms with Crippen molar-refractivity contribution in [3.05, 3.63) is 95.6 Å². The Morgan fingerprint density at radius 3 is 2.30 bits per heavy atom. The van der Waals surface area contributed by atoms with Crippen molar-refractivity contribution < 1.29 is 9.53 Å². The predicted molar refractivity (Wildman–Crippen MR) is 120 cm³/mol. The number of hydrogen-bond acceptors (Lipinski definition) is 4. The van der Waals surface area contributed by atoms with E-state index in [1.54, 1.807) is 0 Å². The van der Waals surface area contributed by atoms with E-state index in [0.717, 1.165) is 49.8 Å². The van der Waals surface area contributed by atoms with Crippen LogP contribution in [-0.2, 0) is 17.8 Å². The Morgan fingerprint density at radius 2 is 1.50 bits per heavy atom. The fraction of sp³-hybridized carbons (Fsp3) is 0.240. The molecule has 30 heavy (non-hydrogen) atoms. The van der Waals surface area contributed by atoms with Gasteiger partial charge in [-0.05, 0) is 35.4 Å². The van der Waals surface area contributed by atoms with Gasteiger partial charge in [0.1, 0.15) is 0 Å². The summed E-state index contributed by atoms with van der Waals surface area (Å²) in [6, 6.07) is 25.8. The monoisotopic (exact) mass is 401 g/mol. The first-order valence-corrected chi connectivity index (χ1v) is 10.4. The molecule has 3 aromatic rings. The van der Waals surface area contributed by atoms with E-state index in [9.17, 15) is 4.79 Å². The first-order chi connectivity index (χ1) is 14.8. The molecule has 0 saturated carbocycles. The molecule has 0 spiro atoms. The normalized spacial score (nSPS) is 14.3. The van der Waals surface area contributed by atoms with Crippen LogP contribution >= 0.6 is 0 Å². The van der Waals surface area contributed by atoms with E-state index < -0.39 is 0 Å². The Hall–Kier alpha value is -3.15. The molecule has 5 heteroatoms. The molecule has 3 aromatic carbocycles. The minimum absolute atomic E-state index is 0.0878. The van der Waals surface area contributed by atoms with Crippen LogP contribution in [0.15, 0.2) is 78.9 Å². The molecule has 1 amide bonds. The van der Waals surface area contributed by atoms with Crippen LogP contribution in [0.2, 0.25) is 0 Å². The quantitative estimate of drug-likeness (QED) is 0.623. The predicted octanol–water partition coefficient (Wildman–Crippen LogP) is 4.19. The lowest BCUT2D eigenvalue weighted by Gasteiger charge is -2.27. The molecule has 0 aliphatic carbocycles. The molecule has 1 aliphatic rings. The van der Waals surface area contributed by atoms with Crippen LogP contribution in [0.4, 0.5) is 11.4 Å². The second-order valence-electron chi connectivity index (χ2n) is 7.38. The number of carbonyl (C=O) groups excluding carboxylic acids is 1. The fourth-order valence-corrected chi connectivity index (χ4v) is 3.62. The Morgan fingerprint density at radius 1 is 0.833 bits per heavy atom. The maximum atomic E-state index is 13.0. The van der Waals surface area contributed by atoms with Crippen molar-refractivity contribution in [2.75, 3.05) is 31.6 Å². The number of hydrogen-bond donors (Lipinski definition) is 2. The molecule has 154 valence electrons. The van der Waals surface area contributed by atoms with Crippen molar-refractivity contribution in [1.82, 2.24) is 10.2 Å². The summed E-state index contributed by atoms with van der Waals surface area (Å²) in [7, 11) is 0. The number of morpholine rings is 1. The van der Waals surface area contributed by atoms with Crippen molar-refractivity contribution >= 4 is 17.3 Å². The summed E-state index contributed by atoms with van der Waals surface area (Å²) >= 11 is 0. The maximum absolute atomic E-state index is 13.0. The first kappa shape index (κ1) is 20.1. The van der Waals surface area contributed by atoms with Gasteiger partial charge < -0.3 is 15.4 Å². The summed E-state index contributed by atoms with van der Waals surface area (Å²) in [6.07, 6.45) is 0. The van der Waals surface area contributed by atoms with E-state index in [0.29, 0.717) is 12.1 Å². The van der Waals surface area contributed by atoms with E-state index >= 15 is 0 Å². The lowest BCUT2D eigenvalue weighted by Crippen LogP contribution is -2.36. The molecule has 0 bridgehead atoms. The Balaban J connectivity index is 1.43. The molecule has 1 fully saturated rings. The molecule has 1 saturated heterocycles. The van der Waals surface area contributed by atoms with Gasteiger partial charge in [0.05, 0.1) is 24.5 Å². The third-order valence-electron chi connectivity index (χ3n) is 5.28. The van der Waals surface area contributed by atoms with Gasteiger partial charge in [-0.15, -0.1) is 0 Å². The van der Waals surface area contributed by atoms with Gasteiger partial charge in [-0.2, -0.15) is 0 Å². The van der Waals surface area contributed by atoms with Crippen molar-refractivity contribution in [2.45, 2.75) is 13.1 Å². The van der Waals surface area contributed by atoms with Gasteiger partial charge in [0, 0.05) is 31.9 Å². The van der Waals surface area contributed by atoms with E-state index in [1.807, 2.05) is 60.7 Å². The van der Waals surface area contributed by atoms with Crippen molar-refractivity contribution in [2.24, 2.45) is 0 Å². The summed E-state index contributed by atoms with van der Waals surface area (Å²) in [4.78, 5) is 15.3. The van der Waals surface area contributed by atoms with Crippen LogP contribution < -0.4 is 10.6 Å². The zero-order valence-corrected chi connectivity index (χ0v) is 17.0. The minimum atomic E-state index is -0.0878. The summed E-state index contributed by atoms with van der Waals surface area (Å²) in [5.41, 5.74) is 4.77. The molecular weight excluding hydrogens is 374 g/mol. The van der Waals surface area contributed by atoms with Crippen molar-refractivity contribution in [3.8, 4) is 0 Å². The average molecular weight is 402 g/mol. The number of carbonyl (C=O) groups is 1. The topological polar surface area (TPSA) is 53.6 Å². The molecule has 4 rings (SSSR count). The fourth-order valence-electron chi connectivity index (χ4n) is 3.62. The largest absolute Gasteiger partial charge is 0.379 e. The molecule has 0 radical (unpaired) electrons. The molecular formula is C25H27N3O2. The highest BCUT2D eigenvalue weighted by Crippen LogP contribution is 2.21. The summed E-state index contributed by atoms with van der Waals surface area (Å²) < 4.78 is 5.44. The lowest BCUT2D eigenvalue weighted by atomic mass is 10.1. The second kappa shape index (κ2) is 10.1. The third-order valence-corrected chi connectivity index (χ3v) is 5.28. The molecule has 1 heterocycles. The van der Waals surface area contributed by atoms with Gasteiger partial charge in [0.2, 0.25) is 0 Å². The average Bonchev–Trinajstić information content (AvgIpc) is 2.80. The molecule has 0 aromatic heterocycles. The lowest BCUT2D eigenvalue weighted by molar-refractivity contribution is 0.0340. The van der Waals surface area contributed by atoms with E-state index in [4.69, 9.17) is 4.74 Å². The zero-order valence-electron chi connectivity index (χ0n) is 17.0. The van der Waals surface area contributed by atoms with Gasteiger partial charge in [-0.25, -0.2) is 0 Å². The van der Waals surface area contributed by atoms with Crippen LogP contribution in [0.25, 0.3) is 0 Å². The number of anilines is 2. The number of para-hydroxylation sites is 2. The van der Waals surface area contributed by atoms with Crippen LogP contribution in [0, 0.1) is 0 Å². The van der Waals surface area contributed by atoms with Crippen molar-refractivity contribution in [3.63, 3.8) is 0 Å². The highest BCUT2D eigenvalue weighted by Gasteiger charge is 2.14. The van der Waals surface area contributed by atoms with Gasteiger partial charge in [-0.1, -0.05) is 54.6 Å². The van der Waals surface area contributed by atoms with Crippen molar-refractivity contribution in [1.29, 1.82) is 0 Å². The molecule has 0 atom stereocenters. The van der Waals surface area contributed by atoms with Gasteiger partial charge >= 0.3 is 0 Å². The van der Waals surface area contributed by atoms with Gasteiger partial charge in [-0.3, -0.25) is 9.69 Å². The highest BCUT2D eigenvalue weighted by molar-refractivity contribution is 6.00. The van der Waals surface area contributed by atoms with Crippen LogP contribution in [0.5, 0.6) is 0 Å². The van der Waals surface area contributed by atoms with Crippen LogP contribution in [0.1, 0.15) is 21.5 Å². The van der Waals surface area contributed by atoms with E-state index in [2.05, 4.69) is 33.7 Å². The van der Waals surface area contributed by atoms with E-state index in [1.165, 1.54) is 5.56 Å². The Labute approximate surface area is 177 Å². The number of nitrogens with zero attached hydrogens (tertiary/aromatic N) is 1. The minimum Gasteiger partial charge on any atom is -0.379 e. The maximum Gasteiger partial charge on any atom is 0.253 e. The standard InChI is InChI=1S/C25H27N3O2/c29-25(23-12-6-7-13-24(23)27-22-10-2-1-3-11-22)26-18-20-8-4-5-9-21(20)19-28-14-16-30-17-15-28/h1-13,27H,14-19H2,(H,26,29). The Bertz CT molecular complexity index is 969. The molecule has 0 unspecified atom stereocenters. The molecule has 2 N–H and O–H groups in total. The Kier molecular flexibility index (Phi) is 6.75. The SMILES string of the molecule is O=C(NCc1ccccc1CN1CCOCC1)c1ccccc1Nc1ccccc1. The number of ether oxygens (including phenoxy) is 1. The number of benzene rings is 3. The third kappa shape index (κ3) is 5.26. The number of rotatable bonds is 7. The number of nitrogens with one attached hydrogen (secondary N) is 2. The van der Waals surface area contributed by atoms with Gasteiger partial charge in [0.15, 0.2) is 0 Å². The first-order valence-electron chi connectivity index (χ1n) is 10.4. The zero-order chi connectivity index (χ0) is 20.6. The summed E-state index contributed by atoms with van der Waals surface area (Å²) in [6.45, 7) is 4.83. The summed E-state index contributed by atoms with van der Waals surface area (Å²) in [5, 5.41) is 6.43. The molecule has 5 nitrogen and oxygen atoms in total. The highest BCUT2D eigenvalue weighted by atomic mass is 16.5. The second-order valence-corrected chi connectivity index (χ2v) is 7.38. The van der Waals surface area contributed by atoms with Crippen LogP contribution in [0.3, 0.4) is 0 Å². The van der Waals surface area contributed by atoms with Crippen LogP contribution in [-0.4, -0.2) is 37.1 Å². The van der Waals surface area contributed by atoms with Gasteiger partial charge in [0.25, 0.3) is 5.91 Å². The van der Waals surface area contributed by atoms with E-state index in [-0.39, 0.29) is 5.91 Å². The smallest absolute Gasteiger partial charge is 0.253 e. The number of amides is 1.